The molecule has 0 aliphatic rings. The number of phosphoric acid groups is 2. The molecule has 0 heterocycles. The molecule has 17 nitrogen and oxygen atoms in total. The average molecular weight is 1550 g/mol. The molecule has 0 aromatic rings. The maximum atomic E-state index is 13.2. The van der Waals surface area contributed by atoms with Crippen LogP contribution in [0.1, 0.15) is 459 Å². The van der Waals surface area contributed by atoms with Crippen molar-refractivity contribution < 1.29 is 80.2 Å². The average Bonchev–Trinajstić information content (AvgIpc) is 0.900. The van der Waals surface area contributed by atoms with Gasteiger partial charge in [0.25, 0.3) is 0 Å². The van der Waals surface area contributed by atoms with Crippen molar-refractivity contribution in [1.29, 1.82) is 0 Å². The molecule has 0 bridgehead atoms. The van der Waals surface area contributed by atoms with Crippen molar-refractivity contribution in [3.63, 3.8) is 0 Å². The second kappa shape index (κ2) is 77.0. The molecule has 3 N–H and O–H groups in total. The summed E-state index contributed by atoms with van der Waals surface area (Å²) in [6.07, 6.45) is 67.7. The molecule has 0 spiro atoms. The topological polar surface area (TPSA) is 237 Å². The van der Waals surface area contributed by atoms with Crippen molar-refractivity contribution in [2.24, 2.45) is 17.8 Å². The number of hydrogen-bond donors (Lipinski definition) is 3. The smallest absolute Gasteiger partial charge is 0.462 e. The molecule has 0 rings (SSSR count). The van der Waals surface area contributed by atoms with E-state index < -0.39 is 97.5 Å². The van der Waals surface area contributed by atoms with Crippen LogP contribution in [0.25, 0.3) is 0 Å². The van der Waals surface area contributed by atoms with E-state index >= 15 is 0 Å². The molecule has 19 heteroatoms. The van der Waals surface area contributed by atoms with Crippen LogP contribution in [-0.4, -0.2) is 96.7 Å². The van der Waals surface area contributed by atoms with Crippen molar-refractivity contribution in [1.82, 2.24) is 0 Å². The third-order valence-corrected chi connectivity index (χ3v) is 23.0. The van der Waals surface area contributed by atoms with Crippen LogP contribution >= 0.6 is 15.6 Å². The summed E-state index contributed by atoms with van der Waals surface area (Å²) in [7, 11) is -9.93. The van der Waals surface area contributed by atoms with Crippen LogP contribution in [0.3, 0.4) is 0 Å². The van der Waals surface area contributed by atoms with E-state index in [1.165, 1.54) is 270 Å². The van der Waals surface area contributed by atoms with Gasteiger partial charge in [0.05, 0.1) is 26.4 Å². The number of rotatable bonds is 85. The molecule has 0 saturated heterocycles. The first kappa shape index (κ1) is 104. The highest BCUT2D eigenvalue weighted by Crippen LogP contribution is 2.45. The monoisotopic (exact) mass is 1550 g/mol. The van der Waals surface area contributed by atoms with Gasteiger partial charge in [-0.05, 0) is 43.4 Å². The Morgan fingerprint density at radius 3 is 0.717 bits per heavy atom. The molecule has 0 amide bonds. The first-order valence-corrected chi connectivity index (χ1v) is 47.9. The van der Waals surface area contributed by atoms with Crippen LogP contribution in [0.4, 0.5) is 0 Å². The molecule has 0 aliphatic carbocycles. The minimum atomic E-state index is -4.97. The third-order valence-electron chi connectivity index (χ3n) is 21.1. The molecule has 0 fully saturated rings. The van der Waals surface area contributed by atoms with Gasteiger partial charge in [-0.15, -0.1) is 0 Å². The fourth-order valence-electron chi connectivity index (χ4n) is 13.5. The molecule has 0 aliphatic heterocycles. The maximum absolute atomic E-state index is 13.2. The molecule has 0 aromatic carbocycles. The minimum absolute atomic E-state index is 0.108. The van der Waals surface area contributed by atoms with Gasteiger partial charge in [-0.2, -0.15) is 0 Å². The number of carbonyl (C=O) groups excluding carboxylic acids is 4. The summed E-state index contributed by atoms with van der Waals surface area (Å²) in [4.78, 5) is 73.3. The Hall–Kier alpha value is -1.94. The number of phosphoric ester groups is 2. The Balaban J connectivity index is 5.28. The maximum Gasteiger partial charge on any atom is 0.472 e. The van der Waals surface area contributed by atoms with Crippen molar-refractivity contribution in [3.8, 4) is 0 Å². The number of carbonyl (C=O) groups is 4. The zero-order valence-corrected chi connectivity index (χ0v) is 71.7. The van der Waals surface area contributed by atoms with Crippen molar-refractivity contribution in [2.75, 3.05) is 39.6 Å². The highest BCUT2D eigenvalue weighted by Gasteiger charge is 2.31. The Labute approximate surface area is 651 Å². The van der Waals surface area contributed by atoms with Gasteiger partial charge in [-0.3, -0.25) is 37.3 Å². The van der Waals surface area contributed by atoms with Crippen LogP contribution in [0.2, 0.25) is 0 Å². The molecule has 4 unspecified atom stereocenters. The van der Waals surface area contributed by atoms with Gasteiger partial charge in [-0.1, -0.05) is 408 Å². The standard InChI is InChI=1S/C87H170O17P2/c1-8-11-12-13-14-15-16-23-33-40-47-54-61-68-84(89)97-74-82(103-86(91)70-63-56-49-42-35-28-20-17-24-30-37-44-51-58-65-78(4)5)76-101-105(93,94)99-72-81(88)73-100-106(95,96)102-77-83(104-87(92)71-64-57-50-43-36-29-22-19-26-32-39-46-53-60-67-80(7)10-3)75-98-85(90)69-62-55-48-41-34-27-21-18-25-31-38-45-52-59-66-79(6)9-2/h78-83,88H,8-77H2,1-7H3,(H,93,94)(H,95,96)/t79?,80?,81-,82+,83+/m0/s1. The third kappa shape index (κ3) is 77.4. The first-order valence-electron chi connectivity index (χ1n) is 44.9. The van der Waals surface area contributed by atoms with E-state index in [9.17, 15) is 43.2 Å². The molecular weight excluding hydrogens is 1380 g/mol. The lowest BCUT2D eigenvalue weighted by atomic mass is 9.99. The summed E-state index contributed by atoms with van der Waals surface area (Å²) in [6.45, 7) is 12.1. The minimum Gasteiger partial charge on any atom is -0.462 e. The summed E-state index contributed by atoms with van der Waals surface area (Å²) >= 11 is 0. The van der Waals surface area contributed by atoms with Crippen LogP contribution < -0.4 is 0 Å². The second-order valence-corrected chi connectivity index (χ2v) is 35.1. The van der Waals surface area contributed by atoms with E-state index in [0.29, 0.717) is 25.7 Å². The van der Waals surface area contributed by atoms with Crippen LogP contribution in [0, 0.1) is 17.8 Å². The van der Waals surface area contributed by atoms with Gasteiger partial charge in [0.2, 0.25) is 0 Å². The Morgan fingerprint density at radius 2 is 0.481 bits per heavy atom. The van der Waals surface area contributed by atoms with Gasteiger partial charge in [0, 0.05) is 25.7 Å². The lowest BCUT2D eigenvalue weighted by Crippen LogP contribution is -2.30. The van der Waals surface area contributed by atoms with E-state index in [4.69, 9.17) is 37.0 Å². The number of aliphatic hydroxyl groups excluding tert-OH is 1. The van der Waals surface area contributed by atoms with Crippen molar-refractivity contribution in [2.45, 2.75) is 478 Å². The molecule has 0 saturated carbocycles. The van der Waals surface area contributed by atoms with Gasteiger partial charge >= 0.3 is 39.5 Å². The zero-order valence-electron chi connectivity index (χ0n) is 69.9. The molecule has 0 radical (unpaired) electrons. The predicted molar refractivity (Wildman–Crippen MR) is 437 cm³/mol. The van der Waals surface area contributed by atoms with Crippen molar-refractivity contribution >= 4 is 39.5 Å². The molecule has 0 aromatic heterocycles. The Morgan fingerprint density at radius 1 is 0.274 bits per heavy atom. The van der Waals surface area contributed by atoms with Crippen LogP contribution in [0.15, 0.2) is 0 Å². The number of hydrogen-bond acceptors (Lipinski definition) is 15. The SMILES string of the molecule is CCCCCCCCCCCCCCCC(=O)OC[C@H](COP(=O)(O)OC[C@H](O)COP(=O)(O)OC[C@@H](COC(=O)CCCCCCCCCCCCCCCCC(C)CC)OC(=O)CCCCCCCCCCCCCCCCC(C)CC)OC(=O)CCCCCCCCCCCCCCCCC(C)C. The van der Waals surface area contributed by atoms with E-state index in [-0.39, 0.29) is 25.7 Å². The number of esters is 4. The lowest BCUT2D eigenvalue weighted by molar-refractivity contribution is -0.161. The highest BCUT2D eigenvalue weighted by molar-refractivity contribution is 7.47. The van der Waals surface area contributed by atoms with Gasteiger partial charge in [0.1, 0.15) is 19.3 Å². The Kier molecular flexibility index (Phi) is 75.6. The summed E-state index contributed by atoms with van der Waals surface area (Å²) < 4.78 is 69.0. The molecular formula is C87H170O17P2. The van der Waals surface area contributed by atoms with Gasteiger partial charge in [0.15, 0.2) is 12.2 Å². The number of aliphatic hydroxyl groups is 1. The Bertz CT molecular complexity index is 2050. The predicted octanol–water partition coefficient (Wildman–Crippen LogP) is 26.5. The highest BCUT2D eigenvalue weighted by atomic mass is 31.2. The largest absolute Gasteiger partial charge is 0.472 e. The number of ether oxygens (including phenoxy) is 4. The van der Waals surface area contributed by atoms with E-state index in [1.54, 1.807) is 0 Å². The first-order chi connectivity index (χ1) is 51.3. The summed E-state index contributed by atoms with van der Waals surface area (Å²) in [5.41, 5.74) is 0. The molecule has 630 valence electrons. The van der Waals surface area contributed by atoms with E-state index in [1.807, 2.05) is 0 Å². The number of unbranched alkanes of at least 4 members (excludes halogenated alkanes) is 51. The quantitative estimate of drug-likeness (QED) is 0.0222. The summed E-state index contributed by atoms with van der Waals surface area (Å²) in [5.74, 6) is 0.391. The fourth-order valence-corrected chi connectivity index (χ4v) is 15.1. The normalized spacial score (nSPS) is 14.4. The molecule has 7 atom stereocenters. The zero-order chi connectivity index (χ0) is 77.9. The lowest BCUT2D eigenvalue weighted by Gasteiger charge is -2.21. The van der Waals surface area contributed by atoms with Gasteiger partial charge in [-0.25, -0.2) is 9.13 Å². The summed E-state index contributed by atoms with van der Waals surface area (Å²) in [6, 6.07) is 0. The molecule has 106 heavy (non-hydrogen) atoms. The van der Waals surface area contributed by atoms with E-state index in [2.05, 4.69) is 48.5 Å². The van der Waals surface area contributed by atoms with Crippen LogP contribution in [-0.2, 0) is 65.4 Å². The van der Waals surface area contributed by atoms with Crippen molar-refractivity contribution in [3.05, 3.63) is 0 Å². The van der Waals surface area contributed by atoms with E-state index in [0.717, 1.165) is 108 Å². The second-order valence-electron chi connectivity index (χ2n) is 32.2. The van der Waals surface area contributed by atoms with Gasteiger partial charge < -0.3 is 33.8 Å². The van der Waals surface area contributed by atoms with Crippen LogP contribution in [0.5, 0.6) is 0 Å². The fraction of sp³-hybridized carbons (Fsp3) is 0.954. The summed E-state index contributed by atoms with van der Waals surface area (Å²) in [5, 5.41) is 10.7.